The molecule has 0 heterocycles. The fraction of sp³-hybridized carbons (Fsp3) is 0.789. The van der Waals surface area contributed by atoms with Gasteiger partial charge in [-0.25, -0.2) is 0 Å². The van der Waals surface area contributed by atoms with Crippen molar-refractivity contribution < 1.29 is 10.2 Å². The van der Waals surface area contributed by atoms with E-state index < -0.39 is 0 Å². The van der Waals surface area contributed by atoms with E-state index in [9.17, 15) is 10.2 Å². The molecule has 2 nitrogen and oxygen atoms in total. The maximum atomic E-state index is 10.4. The Bertz CT molecular complexity index is 508. The predicted molar refractivity (Wildman–Crippen MR) is 83.6 cm³/mol. The number of hydrogen-bond donors (Lipinski definition) is 2. The molecule has 3 unspecified atom stereocenters. The van der Waals surface area contributed by atoms with Gasteiger partial charge in [-0.1, -0.05) is 37.6 Å². The maximum Gasteiger partial charge on any atom is 0.0905 e. The van der Waals surface area contributed by atoms with E-state index in [4.69, 9.17) is 0 Å². The average molecular weight is 288 g/mol. The smallest absolute Gasteiger partial charge is 0.0905 e. The summed E-state index contributed by atoms with van der Waals surface area (Å²) < 4.78 is 0. The van der Waals surface area contributed by atoms with Gasteiger partial charge in [0.25, 0.3) is 0 Å². The van der Waals surface area contributed by atoms with Crippen molar-refractivity contribution in [1.29, 1.82) is 0 Å². The third kappa shape index (κ3) is 1.78. The van der Waals surface area contributed by atoms with Gasteiger partial charge in [0, 0.05) is 5.41 Å². The molecule has 0 aromatic heterocycles. The largest absolute Gasteiger partial charge is 0.393 e. The predicted octanol–water partition coefficient (Wildman–Crippen LogP) is 3.45. The van der Waals surface area contributed by atoms with E-state index in [1.54, 1.807) is 0 Å². The topological polar surface area (TPSA) is 40.5 Å². The summed E-state index contributed by atoms with van der Waals surface area (Å²) in [7, 11) is 0. The Kier molecular flexibility index (Phi) is 2.97. The van der Waals surface area contributed by atoms with Crippen LogP contribution in [0.1, 0.15) is 52.4 Å². The summed E-state index contributed by atoms with van der Waals surface area (Å²) >= 11 is 0. The number of aliphatic hydroxyl groups excluding tert-OH is 2. The molecule has 0 aromatic rings. The lowest BCUT2D eigenvalue weighted by Gasteiger charge is -2.56. The Labute approximate surface area is 127 Å². The Hall–Kier alpha value is -0.600. The Balaban J connectivity index is 1.69. The van der Waals surface area contributed by atoms with Gasteiger partial charge in [-0.05, 0) is 61.7 Å². The molecule has 0 aromatic carbocycles. The van der Waals surface area contributed by atoms with Gasteiger partial charge in [0.2, 0.25) is 0 Å². The molecule has 3 saturated carbocycles. The van der Waals surface area contributed by atoms with Crippen LogP contribution in [0.5, 0.6) is 0 Å². The van der Waals surface area contributed by atoms with Gasteiger partial charge in [-0.2, -0.15) is 0 Å². The lowest BCUT2D eigenvalue weighted by molar-refractivity contribution is -0.0620. The maximum absolute atomic E-state index is 10.4. The molecule has 0 amide bonds. The first-order chi connectivity index (χ1) is 9.95. The highest BCUT2D eigenvalue weighted by atomic mass is 16.3. The van der Waals surface area contributed by atoms with Crippen molar-refractivity contribution in [3.8, 4) is 0 Å². The molecule has 4 rings (SSSR count). The van der Waals surface area contributed by atoms with Crippen LogP contribution in [0, 0.1) is 28.6 Å². The zero-order valence-electron chi connectivity index (χ0n) is 13.3. The van der Waals surface area contributed by atoms with Gasteiger partial charge in [-0.3, -0.25) is 0 Å². The Morgan fingerprint density at radius 3 is 2.67 bits per heavy atom. The van der Waals surface area contributed by atoms with Gasteiger partial charge < -0.3 is 10.2 Å². The molecule has 4 aliphatic rings. The average Bonchev–Trinajstić information content (AvgIpc) is 2.76. The summed E-state index contributed by atoms with van der Waals surface area (Å²) in [6.45, 7) is 4.71. The fourth-order valence-corrected chi connectivity index (χ4v) is 6.29. The highest BCUT2D eigenvalue weighted by molar-refractivity contribution is 5.33. The minimum absolute atomic E-state index is 0.0862. The minimum Gasteiger partial charge on any atom is -0.393 e. The number of fused-ring (bicyclic) bond motifs is 5. The van der Waals surface area contributed by atoms with E-state index in [0.29, 0.717) is 11.8 Å². The van der Waals surface area contributed by atoms with Crippen molar-refractivity contribution >= 4 is 0 Å². The highest BCUT2D eigenvalue weighted by Gasteiger charge is 2.58. The number of allylic oxidation sites excluding steroid dienone is 2. The highest BCUT2D eigenvalue weighted by Crippen LogP contribution is 2.64. The van der Waals surface area contributed by atoms with E-state index in [-0.39, 0.29) is 23.0 Å². The van der Waals surface area contributed by atoms with Crippen molar-refractivity contribution in [2.24, 2.45) is 28.6 Å². The fourth-order valence-electron chi connectivity index (χ4n) is 6.29. The van der Waals surface area contributed by atoms with Crippen molar-refractivity contribution in [2.45, 2.75) is 64.6 Å². The van der Waals surface area contributed by atoms with Crippen LogP contribution in [0.3, 0.4) is 0 Å². The van der Waals surface area contributed by atoms with Gasteiger partial charge >= 0.3 is 0 Å². The summed E-state index contributed by atoms with van der Waals surface area (Å²) in [5.74, 6) is 2.15. The van der Waals surface area contributed by atoms with Crippen molar-refractivity contribution in [3.63, 3.8) is 0 Å². The number of hydrogen-bond acceptors (Lipinski definition) is 2. The van der Waals surface area contributed by atoms with E-state index in [0.717, 1.165) is 18.8 Å². The molecular formula is C19H28O2. The first-order valence-corrected chi connectivity index (χ1v) is 8.72. The number of rotatable bonds is 0. The van der Waals surface area contributed by atoms with Gasteiger partial charge in [0.1, 0.15) is 0 Å². The van der Waals surface area contributed by atoms with Crippen LogP contribution in [-0.2, 0) is 0 Å². The van der Waals surface area contributed by atoms with Crippen LogP contribution < -0.4 is 0 Å². The summed E-state index contributed by atoms with van der Waals surface area (Å²) in [6.07, 6.45) is 12.9. The van der Waals surface area contributed by atoms with Crippen molar-refractivity contribution in [2.75, 3.05) is 0 Å². The van der Waals surface area contributed by atoms with E-state index in [1.165, 1.54) is 31.3 Å². The molecule has 2 N–H and O–H groups in total. The summed E-state index contributed by atoms with van der Waals surface area (Å²) in [5.41, 5.74) is 1.77. The second-order valence-corrected chi connectivity index (χ2v) is 8.38. The first kappa shape index (κ1) is 14.0. The molecular weight excluding hydrogens is 260 g/mol. The molecule has 0 aliphatic heterocycles. The van der Waals surface area contributed by atoms with E-state index in [2.05, 4.69) is 26.0 Å². The second-order valence-electron chi connectivity index (χ2n) is 8.38. The van der Waals surface area contributed by atoms with Gasteiger partial charge in [0.15, 0.2) is 0 Å². The first-order valence-electron chi connectivity index (χ1n) is 8.72. The Morgan fingerprint density at radius 1 is 1.05 bits per heavy atom. The minimum atomic E-state index is -0.383. The molecule has 0 radical (unpaired) electrons. The zero-order chi connectivity index (χ0) is 14.8. The van der Waals surface area contributed by atoms with Crippen LogP contribution in [0.25, 0.3) is 0 Å². The number of aliphatic hydroxyl groups is 2. The summed E-state index contributed by atoms with van der Waals surface area (Å²) in [5, 5.41) is 20.3. The van der Waals surface area contributed by atoms with Crippen LogP contribution >= 0.6 is 0 Å². The lowest BCUT2D eigenvalue weighted by Crippen LogP contribution is -2.50. The van der Waals surface area contributed by atoms with Crippen LogP contribution in [0.15, 0.2) is 23.8 Å². The van der Waals surface area contributed by atoms with Crippen molar-refractivity contribution in [3.05, 3.63) is 23.8 Å². The SMILES string of the molecule is C[C@]12C=C[C@@H](O)C=C1CCC1C2CC[C@@]2(C)C1CC[C@@H]2O. The van der Waals surface area contributed by atoms with E-state index in [1.807, 2.05) is 6.08 Å². The van der Waals surface area contributed by atoms with Crippen LogP contribution in [-0.4, -0.2) is 22.4 Å². The standard InChI is InChI=1S/C19H28O2/c1-18-9-7-13(20)11-12(18)3-4-14-15-5-6-17(21)19(15,2)10-8-16(14)18/h7,9,11,13-17,20-21H,3-6,8,10H2,1-2H3/t13-,14?,15?,16?,17+,18+,19+/m1/s1. The van der Waals surface area contributed by atoms with Gasteiger partial charge in [0.05, 0.1) is 12.2 Å². The molecule has 4 aliphatic carbocycles. The molecule has 21 heavy (non-hydrogen) atoms. The summed E-state index contributed by atoms with van der Waals surface area (Å²) in [6, 6.07) is 0. The summed E-state index contributed by atoms with van der Waals surface area (Å²) in [4.78, 5) is 0. The monoisotopic (exact) mass is 288 g/mol. The molecule has 3 fully saturated rings. The molecule has 0 saturated heterocycles. The normalized spacial score (nSPS) is 55.4. The Morgan fingerprint density at radius 2 is 1.86 bits per heavy atom. The second kappa shape index (κ2) is 4.45. The third-order valence-electron chi connectivity index (χ3n) is 7.61. The third-order valence-corrected chi connectivity index (χ3v) is 7.61. The molecule has 116 valence electrons. The molecule has 0 bridgehead atoms. The van der Waals surface area contributed by atoms with E-state index >= 15 is 0 Å². The van der Waals surface area contributed by atoms with Crippen molar-refractivity contribution in [1.82, 2.24) is 0 Å². The molecule has 2 heteroatoms. The molecule has 7 atom stereocenters. The molecule has 0 spiro atoms. The zero-order valence-corrected chi connectivity index (χ0v) is 13.3. The van der Waals surface area contributed by atoms with Crippen LogP contribution in [0.4, 0.5) is 0 Å². The lowest BCUT2D eigenvalue weighted by atomic mass is 9.48. The van der Waals surface area contributed by atoms with Gasteiger partial charge in [-0.15, -0.1) is 0 Å². The van der Waals surface area contributed by atoms with Crippen LogP contribution in [0.2, 0.25) is 0 Å². The quantitative estimate of drug-likeness (QED) is 0.670.